The summed E-state index contributed by atoms with van der Waals surface area (Å²) >= 11 is 0. The van der Waals surface area contributed by atoms with E-state index in [4.69, 9.17) is 0 Å². The van der Waals surface area contributed by atoms with Gasteiger partial charge in [-0.05, 0) is 31.9 Å². The number of hydrogen-bond acceptors (Lipinski definition) is 2. The summed E-state index contributed by atoms with van der Waals surface area (Å²) < 4.78 is 0. The molecule has 88 valence electrons. The van der Waals surface area contributed by atoms with Crippen LogP contribution in [0.4, 0.5) is 0 Å². The van der Waals surface area contributed by atoms with Crippen LogP contribution in [0, 0.1) is 0 Å². The maximum absolute atomic E-state index is 10.7. The van der Waals surface area contributed by atoms with Crippen molar-refractivity contribution in [3.8, 4) is 0 Å². The molecule has 0 fully saturated rings. The standard InChI is InChI=1S/C14H21NO/c1-13(16)8-4-3-7-11-15-12-14-9-5-2-6-10-14/h2,5-6,9-10,15H,3-4,7-8,11-12H2,1H3. The SMILES string of the molecule is CC(=O)CCCCCNCc1ccccc1. The van der Waals surface area contributed by atoms with E-state index >= 15 is 0 Å². The fraction of sp³-hybridized carbons (Fsp3) is 0.500. The third-order valence-corrected chi connectivity index (χ3v) is 2.55. The van der Waals surface area contributed by atoms with Crippen LogP contribution in [-0.4, -0.2) is 12.3 Å². The number of nitrogens with one attached hydrogen (secondary N) is 1. The lowest BCUT2D eigenvalue weighted by molar-refractivity contribution is -0.117. The molecule has 0 spiro atoms. The van der Waals surface area contributed by atoms with Gasteiger partial charge in [-0.1, -0.05) is 36.8 Å². The molecular formula is C14H21NO. The fourth-order valence-electron chi connectivity index (χ4n) is 1.63. The van der Waals surface area contributed by atoms with E-state index in [2.05, 4.69) is 29.6 Å². The second kappa shape index (κ2) is 8.05. The quantitative estimate of drug-likeness (QED) is 0.681. The number of unbranched alkanes of at least 4 members (excludes halogenated alkanes) is 2. The third-order valence-electron chi connectivity index (χ3n) is 2.55. The largest absolute Gasteiger partial charge is 0.313 e. The normalized spacial score (nSPS) is 10.3. The minimum Gasteiger partial charge on any atom is -0.313 e. The van der Waals surface area contributed by atoms with E-state index in [0.717, 1.165) is 38.8 Å². The number of carbonyl (C=O) groups is 1. The first-order chi connectivity index (χ1) is 7.79. The van der Waals surface area contributed by atoms with Gasteiger partial charge in [0.1, 0.15) is 5.78 Å². The monoisotopic (exact) mass is 219 g/mol. The van der Waals surface area contributed by atoms with Crippen LogP contribution in [0.25, 0.3) is 0 Å². The van der Waals surface area contributed by atoms with Crippen LogP contribution in [0.1, 0.15) is 38.2 Å². The Morgan fingerprint density at radius 2 is 1.88 bits per heavy atom. The van der Waals surface area contributed by atoms with Gasteiger partial charge in [-0.2, -0.15) is 0 Å². The molecule has 0 bridgehead atoms. The predicted molar refractivity (Wildman–Crippen MR) is 67.3 cm³/mol. The summed E-state index contributed by atoms with van der Waals surface area (Å²) in [7, 11) is 0. The fourth-order valence-corrected chi connectivity index (χ4v) is 1.63. The van der Waals surface area contributed by atoms with Crippen molar-refractivity contribution in [2.45, 2.75) is 39.2 Å². The summed E-state index contributed by atoms with van der Waals surface area (Å²) in [6.07, 6.45) is 4.06. The Balaban J connectivity index is 1.94. The molecule has 0 aliphatic heterocycles. The molecular weight excluding hydrogens is 198 g/mol. The number of carbonyl (C=O) groups excluding carboxylic acids is 1. The number of ketones is 1. The highest BCUT2D eigenvalue weighted by Gasteiger charge is 1.94. The van der Waals surface area contributed by atoms with Crippen molar-refractivity contribution in [1.29, 1.82) is 0 Å². The second-order valence-electron chi connectivity index (χ2n) is 4.18. The maximum atomic E-state index is 10.7. The van der Waals surface area contributed by atoms with Crippen LogP contribution in [0.5, 0.6) is 0 Å². The molecule has 0 radical (unpaired) electrons. The summed E-state index contributed by atoms with van der Waals surface area (Å²) in [5, 5.41) is 3.40. The molecule has 0 saturated heterocycles. The van der Waals surface area contributed by atoms with Crippen LogP contribution < -0.4 is 5.32 Å². The molecule has 0 heterocycles. The number of Topliss-reactive ketones (excluding diaryl/α,β-unsaturated/α-hetero) is 1. The molecule has 0 aliphatic rings. The van der Waals surface area contributed by atoms with Crippen LogP contribution in [-0.2, 0) is 11.3 Å². The van der Waals surface area contributed by atoms with Gasteiger partial charge in [-0.3, -0.25) is 0 Å². The highest BCUT2D eigenvalue weighted by atomic mass is 16.1. The zero-order chi connectivity index (χ0) is 11.6. The van der Waals surface area contributed by atoms with E-state index in [1.807, 2.05) is 6.07 Å². The molecule has 2 nitrogen and oxygen atoms in total. The first-order valence-corrected chi connectivity index (χ1v) is 6.03. The van der Waals surface area contributed by atoms with Gasteiger partial charge in [-0.25, -0.2) is 0 Å². The van der Waals surface area contributed by atoms with Crippen molar-refractivity contribution in [3.63, 3.8) is 0 Å². The summed E-state index contributed by atoms with van der Waals surface area (Å²) in [6.45, 7) is 3.63. The summed E-state index contributed by atoms with van der Waals surface area (Å²) in [5.41, 5.74) is 1.33. The molecule has 16 heavy (non-hydrogen) atoms. The molecule has 0 aliphatic carbocycles. The van der Waals surface area contributed by atoms with Crippen molar-refractivity contribution in [1.82, 2.24) is 5.32 Å². The average molecular weight is 219 g/mol. The Hall–Kier alpha value is -1.15. The highest BCUT2D eigenvalue weighted by Crippen LogP contribution is 2.00. The molecule has 0 amide bonds. The van der Waals surface area contributed by atoms with E-state index in [9.17, 15) is 4.79 Å². The average Bonchev–Trinajstić information content (AvgIpc) is 2.29. The summed E-state index contributed by atoms with van der Waals surface area (Å²) in [4.78, 5) is 10.7. The van der Waals surface area contributed by atoms with Crippen LogP contribution >= 0.6 is 0 Å². The van der Waals surface area contributed by atoms with Gasteiger partial charge in [0.25, 0.3) is 0 Å². The highest BCUT2D eigenvalue weighted by molar-refractivity contribution is 5.75. The summed E-state index contributed by atoms with van der Waals surface area (Å²) in [6, 6.07) is 10.4. The molecule has 0 atom stereocenters. The van der Waals surface area contributed by atoms with Gasteiger partial charge in [0, 0.05) is 13.0 Å². The van der Waals surface area contributed by atoms with E-state index in [1.54, 1.807) is 6.92 Å². The van der Waals surface area contributed by atoms with E-state index in [0.29, 0.717) is 5.78 Å². The van der Waals surface area contributed by atoms with Crippen molar-refractivity contribution < 1.29 is 4.79 Å². The van der Waals surface area contributed by atoms with Crippen LogP contribution in [0.15, 0.2) is 30.3 Å². The first kappa shape index (κ1) is 12.9. The van der Waals surface area contributed by atoms with Crippen molar-refractivity contribution in [3.05, 3.63) is 35.9 Å². The molecule has 2 heteroatoms. The molecule has 1 rings (SSSR count). The molecule has 0 saturated carbocycles. The van der Waals surface area contributed by atoms with E-state index in [1.165, 1.54) is 5.56 Å². The first-order valence-electron chi connectivity index (χ1n) is 6.03. The molecule has 1 aromatic carbocycles. The number of hydrogen-bond donors (Lipinski definition) is 1. The van der Waals surface area contributed by atoms with Crippen LogP contribution in [0.2, 0.25) is 0 Å². The van der Waals surface area contributed by atoms with Crippen molar-refractivity contribution in [2.24, 2.45) is 0 Å². The van der Waals surface area contributed by atoms with Gasteiger partial charge in [0.2, 0.25) is 0 Å². The summed E-state index contributed by atoms with van der Waals surface area (Å²) in [5.74, 6) is 0.303. The van der Waals surface area contributed by atoms with Gasteiger partial charge in [0.05, 0.1) is 0 Å². The van der Waals surface area contributed by atoms with Gasteiger partial charge < -0.3 is 10.1 Å². The molecule has 0 aromatic heterocycles. The van der Waals surface area contributed by atoms with Crippen LogP contribution in [0.3, 0.4) is 0 Å². The maximum Gasteiger partial charge on any atom is 0.129 e. The zero-order valence-corrected chi connectivity index (χ0v) is 10.0. The Morgan fingerprint density at radius 3 is 2.56 bits per heavy atom. The minimum atomic E-state index is 0.303. The van der Waals surface area contributed by atoms with E-state index in [-0.39, 0.29) is 0 Å². The Bertz CT molecular complexity index is 295. The van der Waals surface area contributed by atoms with Crippen molar-refractivity contribution >= 4 is 5.78 Å². The smallest absolute Gasteiger partial charge is 0.129 e. The minimum absolute atomic E-state index is 0.303. The Morgan fingerprint density at radius 1 is 1.12 bits per heavy atom. The lowest BCUT2D eigenvalue weighted by Crippen LogP contribution is -2.14. The predicted octanol–water partition coefficient (Wildman–Crippen LogP) is 2.93. The molecule has 1 aromatic rings. The lowest BCUT2D eigenvalue weighted by atomic mass is 10.1. The van der Waals surface area contributed by atoms with E-state index < -0.39 is 0 Å². The second-order valence-corrected chi connectivity index (χ2v) is 4.18. The Labute approximate surface area is 98.1 Å². The lowest BCUT2D eigenvalue weighted by Gasteiger charge is -2.04. The zero-order valence-electron chi connectivity index (χ0n) is 10.0. The van der Waals surface area contributed by atoms with Gasteiger partial charge in [0.15, 0.2) is 0 Å². The molecule has 1 N–H and O–H groups in total. The molecule has 0 unspecified atom stereocenters. The Kier molecular flexibility index (Phi) is 6.50. The number of rotatable bonds is 8. The third kappa shape index (κ3) is 6.36. The number of benzene rings is 1. The van der Waals surface area contributed by atoms with Crippen molar-refractivity contribution in [2.75, 3.05) is 6.54 Å². The topological polar surface area (TPSA) is 29.1 Å². The van der Waals surface area contributed by atoms with Gasteiger partial charge in [-0.15, -0.1) is 0 Å². The van der Waals surface area contributed by atoms with Gasteiger partial charge >= 0.3 is 0 Å².